The molecule has 4 heteroatoms. The third kappa shape index (κ3) is 3.79. The van der Waals surface area contributed by atoms with E-state index in [2.05, 4.69) is 77.3 Å². The third-order valence-corrected chi connectivity index (χ3v) is 3.84. The second kappa shape index (κ2) is 6.52. The minimum absolute atomic E-state index is 0.664. The van der Waals surface area contributed by atoms with Crippen LogP contribution in [0.2, 0.25) is 0 Å². The first-order valence-electron chi connectivity index (χ1n) is 6.56. The Bertz CT molecular complexity index is 546. The Kier molecular flexibility index (Phi) is 4.99. The summed E-state index contributed by atoms with van der Waals surface area (Å²) in [7, 11) is 1.98. The van der Waals surface area contributed by atoms with Crippen LogP contribution in [0.15, 0.2) is 30.5 Å². The fourth-order valence-electron chi connectivity index (χ4n) is 2.04. The number of rotatable bonds is 5. The molecule has 2 aromatic rings. The van der Waals surface area contributed by atoms with Crippen LogP contribution < -0.4 is 5.32 Å². The molecule has 0 bridgehead atoms. The Morgan fingerprint density at radius 1 is 1.32 bits per heavy atom. The van der Waals surface area contributed by atoms with Crippen molar-refractivity contribution in [1.82, 2.24) is 15.1 Å². The molecule has 1 heterocycles. The average molecular weight is 369 g/mol. The predicted molar refractivity (Wildman–Crippen MR) is 87.9 cm³/mol. The highest BCUT2D eigenvalue weighted by Crippen LogP contribution is 2.26. The van der Waals surface area contributed by atoms with Crippen molar-refractivity contribution in [3.8, 4) is 11.3 Å². The number of nitrogens with one attached hydrogen (secondary N) is 1. The van der Waals surface area contributed by atoms with Gasteiger partial charge in [-0.15, -0.1) is 0 Å². The zero-order valence-corrected chi connectivity index (χ0v) is 13.8. The van der Waals surface area contributed by atoms with E-state index in [9.17, 15) is 0 Å². The lowest BCUT2D eigenvalue weighted by molar-refractivity contribution is 0.552. The van der Waals surface area contributed by atoms with Gasteiger partial charge in [-0.25, -0.2) is 0 Å². The molecule has 0 spiro atoms. The maximum absolute atomic E-state index is 4.61. The Balaban J connectivity index is 2.24. The van der Waals surface area contributed by atoms with Gasteiger partial charge in [0.25, 0.3) is 0 Å². The molecule has 0 unspecified atom stereocenters. The van der Waals surface area contributed by atoms with Gasteiger partial charge in [0.05, 0.1) is 5.69 Å². The fourth-order valence-corrected chi connectivity index (χ4v) is 2.69. The van der Waals surface area contributed by atoms with Crippen LogP contribution in [0.25, 0.3) is 11.3 Å². The molecule has 0 radical (unpaired) electrons. The van der Waals surface area contributed by atoms with Gasteiger partial charge in [-0.3, -0.25) is 4.68 Å². The number of nitrogens with zero attached hydrogens (tertiary/aromatic N) is 2. The van der Waals surface area contributed by atoms with E-state index in [0.29, 0.717) is 5.92 Å². The SMILES string of the molecule is CC(C)CNCc1cn(C)nc1-c1ccccc1I. The van der Waals surface area contributed by atoms with E-state index in [1.807, 2.05) is 11.7 Å². The zero-order chi connectivity index (χ0) is 13.8. The average Bonchev–Trinajstić information content (AvgIpc) is 2.70. The molecule has 0 saturated heterocycles. The summed E-state index contributed by atoms with van der Waals surface area (Å²) in [6.45, 7) is 6.33. The van der Waals surface area contributed by atoms with Gasteiger partial charge in [-0.05, 0) is 41.1 Å². The number of hydrogen-bond acceptors (Lipinski definition) is 2. The molecule has 0 aliphatic heterocycles. The number of benzene rings is 1. The van der Waals surface area contributed by atoms with E-state index < -0.39 is 0 Å². The molecule has 0 atom stereocenters. The first-order chi connectivity index (χ1) is 9.08. The Morgan fingerprint density at radius 2 is 2.05 bits per heavy atom. The van der Waals surface area contributed by atoms with Gasteiger partial charge in [0, 0.05) is 34.5 Å². The molecule has 0 aliphatic rings. The van der Waals surface area contributed by atoms with Gasteiger partial charge in [-0.2, -0.15) is 5.10 Å². The van der Waals surface area contributed by atoms with E-state index in [1.54, 1.807) is 0 Å². The maximum atomic E-state index is 4.61. The standard InChI is InChI=1S/C15H20IN3/c1-11(2)8-17-9-12-10-19(3)18-15(12)13-6-4-5-7-14(13)16/h4-7,10-11,17H,8-9H2,1-3H3. The molecular formula is C15H20IN3. The van der Waals surface area contributed by atoms with Crippen molar-refractivity contribution < 1.29 is 0 Å². The lowest BCUT2D eigenvalue weighted by Gasteiger charge is -2.08. The molecule has 3 nitrogen and oxygen atoms in total. The number of halogens is 1. The molecule has 0 fully saturated rings. The number of hydrogen-bond donors (Lipinski definition) is 1. The van der Waals surface area contributed by atoms with Crippen molar-refractivity contribution in [2.24, 2.45) is 13.0 Å². The highest BCUT2D eigenvalue weighted by atomic mass is 127. The highest BCUT2D eigenvalue weighted by molar-refractivity contribution is 14.1. The normalized spacial score (nSPS) is 11.2. The number of aromatic nitrogens is 2. The summed E-state index contributed by atoms with van der Waals surface area (Å²) in [5.41, 5.74) is 3.56. The van der Waals surface area contributed by atoms with Crippen LogP contribution in [0.4, 0.5) is 0 Å². The van der Waals surface area contributed by atoms with Crippen LogP contribution in [-0.4, -0.2) is 16.3 Å². The van der Waals surface area contributed by atoms with Crippen molar-refractivity contribution in [1.29, 1.82) is 0 Å². The van der Waals surface area contributed by atoms with Crippen molar-refractivity contribution in [3.63, 3.8) is 0 Å². The summed E-state index contributed by atoms with van der Waals surface area (Å²) < 4.78 is 3.13. The second-order valence-electron chi connectivity index (χ2n) is 5.18. The summed E-state index contributed by atoms with van der Waals surface area (Å²) >= 11 is 2.37. The first-order valence-corrected chi connectivity index (χ1v) is 7.64. The van der Waals surface area contributed by atoms with Crippen molar-refractivity contribution in [3.05, 3.63) is 39.6 Å². The summed E-state index contributed by atoms with van der Waals surface area (Å²) in [6, 6.07) is 8.38. The monoisotopic (exact) mass is 369 g/mol. The third-order valence-electron chi connectivity index (χ3n) is 2.90. The van der Waals surface area contributed by atoms with Crippen LogP contribution in [-0.2, 0) is 13.6 Å². The van der Waals surface area contributed by atoms with Gasteiger partial charge in [0.1, 0.15) is 0 Å². The van der Waals surface area contributed by atoms with Gasteiger partial charge < -0.3 is 5.32 Å². The largest absolute Gasteiger partial charge is 0.312 e. The molecule has 1 aromatic heterocycles. The minimum atomic E-state index is 0.664. The topological polar surface area (TPSA) is 29.9 Å². The molecule has 0 aliphatic carbocycles. The van der Waals surface area contributed by atoms with Gasteiger partial charge in [-0.1, -0.05) is 32.0 Å². The van der Waals surface area contributed by atoms with Gasteiger partial charge in [0.15, 0.2) is 0 Å². The molecule has 19 heavy (non-hydrogen) atoms. The van der Waals surface area contributed by atoms with Crippen LogP contribution in [0, 0.1) is 9.49 Å². The lowest BCUT2D eigenvalue weighted by atomic mass is 10.1. The van der Waals surface area contributed by atoms with Crippen molar-refractivity contribution in [2.75, 3.05) is 6.54 Å². The molecular weight excluding hydrogens is 349 g/mol. The second-order valence-corrected chi connectivity index (χ2v) is 6.34. The maximum Gasteiger partial charge on any atom is 0.0978 e. The summed E-state index contributed by atoms with van der Waals surface area (Å²) in [5.74, 6) is 0.664. The number of aryl methyl sites for hydroxylation is 1. The molecule has 0 saturated carbocycles. The van der Waals surface area contributed by atoms with Crippen molar-refractivity contribution in [2.45, 2.75) is 20.4 Å². The van der Waals surface area contributed by atoms with E-state index in [1.165, 1.54) is 14.7 Å². The van der Waals surface area contributed by atoms with Crippen LogP contribution in [0.3, 0.4) is 0 Å². The Morgan fingerprint density at radius 3 is 2.74 bits per heavy atom. The minimum Gasteiger partial charge on any atom is -0.312 e. The molecule has 1 aromatic carbocycles. The van der Waals surface area contributed by atoms with Crippen LogP contribution in [0.5, 0.6) is 0 Å². The molecule has 0 amide bonds. The van der Waals surface area contributed by atoms with Crippen molar-refractivity contribution >= 4 is 22.6 Å². The van der Waals surface area contributed by atoms with Gasteiger partial charge in [0.2, 0.25) is 0 Å². The van der Waals surface area contributed by atoms with E-state index in [0.717, 1.165) is 18.8 Å². The van der Waals surface area contributed by atoms with Crippen LogP contribution >= 0.6 is 22.6 Å². The van der Waals surface area contributed by atoms with Gasteiger partial charge >= 0.3 is 0 Å². The molecule has 102 valence electrons. The Labute approximate surface area is 128 Å². The Hall–Kier alpha value is -0.880. The molecule has 2 rings (SSSR count). The zero-order valence-electron chi connectivity index (χ0n) is 11.7. The first kappa shape index (κ1) is 14.5. The van der Waals surface area contributed by atoms with Crippen LogP contribution in [0.1, 0.15) is 19.4 Å². The highest BCUT2D eigenvalue weighted by Gasteiger charge is 2.12. The summed E-state index contributed by atoms with van der Waals surface area (Å²) in [6.07, 6.45) is 2.10. The fraction of sp³-hybridized carbons (Fsp3) is 0.400. The smallest absolute Gasteiger partial charge is 0.0978 e. The van der Waals surface area contributed by atoms with E-state index >= 15 is 0 Å². The lowest BCUT2D eigenvalue weighted by Crippen LogP contribution is -2.19. The van der Waals surface area contributed by atoms with E-state index in [-0.39, 0.29) is 0 Å². The predicted octanol–water partition coefficient (Wildman–Crippen LogP) is 3.44. The quantitative estimate of drug-likeness (QED) is 0.819. The molecule has 1 N–H and O–H groups in total. The summed E-state index contributed by atoms with van der Waals surface area (Å²) in [5, 5.41) is 8.10. The van der Waals surface area contributed by atoms with E-state index in [4.69, 9.17) is 0 Å². The summed E-state index contributed by atoms with van der Waals surface area (Å²) in [4.78, 5) is 0.